The largest absolute Gasteiger partial charge is 0.448 e. The minimum Gasteiger partial charge on any atom is -0.448 e. The fourth-order valence-corrected chi connectivity index (χ4v) is 1.67. The quantitative estimate of drug-likeness (QED) is 0.764. The maximum atomic E-state index is 12.1. The summed E-state index contributed by atoms with van der Waals surface area (Å²) >= 11 is 0. The number of Topliss-reactive ketones (excluding diaryl/α,β-unsaturated/α-hetero) is 1. The second-order valence-corrected chi connectivity index (χ2v) is 3.83. The zero-order valence-electron chi connectivity index (χ0n) is 10.2. The molecule has 94 valence electrons. The number of hydrogen-bond donors (Lipinski definition) is 0. The summed E-state index contributed by atoms with van der Waals surface area (Å²) in [6, 6.07) is 6.87. The molecule has 5 nitrogen and oxygen atoms in total. The molecule has 1 aromatic rings. The van der Waals surface area contributed by atoms with Gasteiger partial charge in [0.1, 0.15) is 5.75 Å². The number of ketones is 1. The summed E-state index contributed by atoms with van der Waals surface area (Å²) in [6.07, 6.45) is -0.744. The van der Waals surface area contributed by atoms with Gasteiger partial charge in [0.15, 0.2) is 5.78 Å². The topological polar surface area (TPSA) is 65.0 Å². The van der Waals surface area contributed by atoms with Gasteiger partial charge in [0.05, 0.1) is 18.1 Å². The maximum Gasteiger partial charge on any atom is 0.436 e. The van der Waals surface area contributed by atoms with Gasteiger partial charge in [-0.25, -0.2) is 4.79 Å². The standard InChI is InChI=1S/C13H13NO4/c1-3-17-13(16)14-12-8(2)11(15)9-6-4-5-7-10(9)18-12/h4-8H,3H2,1-2H3. The first-order valence-electron chi connectivity index (χ1n) is 5.70. The molecule has 18 heavy (non-hydrogen) atoms. The summed E-state index contributed by atoms with van der Waals surface area (Å²) in [4.78, 5) is 27.0. The number of para-hydroxylation sites is 1. The third-order valence-electron chi connectivity index (χ3n) is 2.60. The number of carbonyl (C=O) groups excluding carboxylic acids is 2. The minimum atomic E-state index is -0.744. The molecule has 1 heterocycles. The van der Waals surface area contributed by atoms with Crippen LogP contribution in [-0.4, -0.2) is 24.4 Å². The molecule has 1 aliphatic heterocycles. The van der Waals surface area contributed by atoms with Crippen LogP contribution in [0.25, 0.3) is 0 Å². The van der Waals surface area contributed by atoms with Crippen LogP contribution < -0.4 is 4.74 Å². The summed E-state index contributed by atoms with van der Waals surface area (Å²) in [6.45, 7) is 3.56. The normalized spacial score (nSPS) is 20.2. The van der Waals surface area contributed by atoms with E-state index in [0.717, 1.165) is 0 Å². The number of rotatable bonds is 1. The number of amides is 1. The van der Waals surface area contributed by atoms with Crippen molar-refractivity contribution < 1.29 is 19.1 Å². The van der Waals surface area contributed by atoms with Crippen molar-refractivity contribution in [1.82, 2.24) is 0 Å². The molecule has 0 radical (unpaired) electrons. The zero-order chi connectivity index (χ0) is 13.1. The second-order valence-electron chi connectivity index (χ2n) is 3.83. The Morgan fingerprint density at radius 2 is 2.17 bits per heavy atom. The van der Waals surface area contributed by atoms with Gasteiger partial charge in [-0.1, -0.05) is 12.1 Å². The van der Waals surface area contributed by atoms with Gasteiger partial charge in [0.25, 0.3) is 0 Å². The highest BCUT2D eigenvalue weighted by Gasteiger charge is 2.31. The van der Waals surface area contributed by atoms with Crippen molar-refractivity contribution in [2.75, 3.05) is 6.61 Å². The van der Waals surface area contributed by atoms with Gasteiger partial charge in [0, 0.05) is 0 Å². The van der Waals surface area contributed by atoms with Crippen molar-refractivity contribution in [2.45, 2.75) is 13.8 Å². The Balaban J connectivity index is 2.32. The van der Waals surface area contributed by atoms with Crippen LogP contribution in [0.5, 0.6) is 5.75 Å². The predicted molar refractivity (Wildman–Crippen MR) is 65.0 cm³/mol. The molecule has 1 aliphatic rings. The first-order chi connectivity index (χ1) is 8.63. The SMILES string of the molecule is CCOC(=O)N=C1Oc2ccccc2C(=O)C1C. The van der Waals surface area contributed by atoms with Gasteiger partial charge >= 0.3 is 6.09 Å². The van der Waals surface area contributed by atoms with Crippen molar-refractivity contribution in [1.29, 1.82) is 0 Å². The van der Waals surface area contributed by atoms with Crippen LogP contribution in [0.4, 0.5) is 4.79 Å². The zero-order valence-corrected chi connectivity index (χ0v) is 10.2. The number of ether oxygens (including phenoxy) is 2. The van der Waals surface area contributed by atoms with Crippen LogP contribution in [0.15, 0.2) is 29.3 Å². The highest BCUT2D eigenvalue weighted by Crippen LogP contribution is 2.28. The lowest BCUT2D eigenvalue weighted by Gasteiger charge is -2.22. The Labute approximate surface area is 104 Å². The van der Waals surface area contributed by atoms with Gasteiger partial charge in [-0.05, 0) is 26.0 Å². The van der Waals surface area contributed by atoms with E-state index in [-0.39, 0.29) is 18.3 Å². The van der Waals surface area contributed by atoms with Crippen molar-refractivity contribution in [3.8, 4) is 5.75 Å². The average Bonchev–Trinajstić information content (AvgIpc) is 2.36. The number of fused-ring (bicyclic) bond motifs is 1. The number of aliphatic imine (C=N–C) groups is 1. The van der Waals surface area contributed by atoms with Gasteiger partial charge in [-0.15, -0.1) is 4.99 Å². The lowest BCUT2D eigenvalue weighted by molar-refractivity contribution is 0.0942. The van der Waals surface area contributed by atoms with Gasteiger partial charge < -0.3 is 9.47 Å². The molecule has 0 saturated carbocycles. The lowest BCUT2D eigenvalue weighted by atomic mass is 9.96. The summed E-state index contributed by atoms with van der Waals surface area (Å²) in [7, 11) is 0. The Bertz CT molecular complexity index is 521. The van der Waals surface area contributed by atoms with Crippen molar-refractivity contribution in [3.05, 3.63) is 29.8 Å². The Kier molecular flexibility index (Phi) is 3.41. The van der Waals surface area contributed by atoms with E-state index in [0.29, 0.717) is 11.3 Å². The van der Waals surface area contributed by atoms with Crippen LogP contribution in [0.1, 0.15) is 24.2 Å². The van der Waals surface area contributed by atoms with Crippen LogP contribution in [-0.2, 0) is 4.74 Å². The number of nitrogens with zero attached hydrogens (tertiary/aromatic N) is 1. The highest BCUT2D eigenvalue weighted by atomic mass is 16.6. The van der Waals surface area contributed by atoms with Crippen LogP contribution in [0.3, 0.4) is 0 Å². The van der Waals surface area contributed by atoms with E-state index in [1.165, 1.54) is 0 Å². The number of carbonyl (C=O) groups is 2. The summed E-state index contributed by atoms with van der Waals surface area (Å²) < 4.78 is 10.2. The minimum absolute atomic E-state index is 0.0807. The molecule has 1 atom stereocenters. The fourth-order valence-electron chi connectivity index (χ4n) is 1.67. The molecular weight excluding hydrogens is 234 g/mol. The molecule has 1 amide bonds. The molecule has 2 rings (SSSR count). The van der Waals surface area contributed by atoms with Crippen molar-refractivity contribution >= 4 is 17.8 Å². The fraction of sp³-hybridized carbons (Fsp3) is 0.308. The first kappa shape index (κ1) is 12.3. The molecular formula is C13H13NO4. The molecule has 0 aromatic heterocycles. The molecule has 0 aliphatic carbocycles. The third-order valence-corrected chi connectivity index (χ3v) is 2.60. The number of benzene rings is 1. The van der Waals surface area contributed by atoms with E-state index < -0.39 is 12.0 Å². The van der Waals surface area contributed by atoms with Crippen LogP contribution in [0, 0.1) is 5.92 Å². The molecule has 0 bridgehead atoms. The Hall–Kier alpha value is -2.17. The maximum absolute atomic E-state index is 12.1. The van der Waals surface area contributed by atoms with Crippen molar-refractivity contribution in [2.24, 2.45) is 10.9 Å². The highest BCUT2D eigenvalue weighted by molar-refractivity contribution is 6.15. The van der Waals surface area contributed by atoms with E-state index in [1.54, 1.807) is 38.1 Å². The Morgan fingerprint density at radius 3 is 2.89 bits per heavy atom. The van der Waals surface area contributed by atoms with Gasteiger partial charge in [0.2, 0.25) is 5.90 Å². The molecule has 1 aromatic carbocycles. The van der Waals surface area contributed by atoms with Crippen molar-refractivity contribution in [3.63, 3.8) is 0 Å². The molecule has 0 fully saturated rings. The smallest absolute Gasteiger partial charge is 0.436 e. The van der Waals surface area contributed by atoms with E-state index in [9.17, 15) is 9.59 Å². The molecule has 0 spiro atoms. The molecule has 1 unspecified atom stereocenters. The third kappa shape index (κ3) is 2.25. The van der Waals surface area contributed by atoms with Gasteiger partial charge in [-0.3, -0.25) is 4.79 Å². The Morgan fingerprint density at radius 1 is 1.44 bits per heavy atom. The first-order valence-corrected chi connectivity index (χ1v) is 5.70. The van der Waals surface area contributed by atoms with Crippen LogP contribution in [0.2, 0.25) is 0 Å². The summed E-state index contributed by atoms with van der Waals surface area (Å²) in [5, 5.41) is 0. The molecule has 0 saturated heterocycles. The van der Waals surface area contributed by atoms with E-state index >= 15 is 0 Å². The van der Waals surface area contributed by atoms with E-state index in [4.69, 9.17) is 9.47 Å². The predicted octanol–water partition coefficient (Wildman–Crippen LogP) is 2.45. The number of hydrogen-bond acceptors (Lipinski definition) is 4. The van der Waals surface area contributed by atoms with Gasteiger partial charge in [-0.2, -0.15) is 0 Å². The lowest BCUT2D eigenvalue weighted by Crippen LogP contribution is -2.32. The van der Waals surface area contributed by atoms with E-state index in [2.05, 4.69) is 4.99 Å². The summed E-state index contributed by atoms with van der Waals surface area (Å²) in [5.41, 5.74) is 0.507. The average molecular weight is 247 g/mol. The van der Waals surface area contributed by atoms with Crippen LogP contribution >= 0.6 is 0 Å². The monoisotopic (exact) mass is 247 g/mol. The molecule has 5 heteroatoms. The van der Waals surface area contributed by atoms with E-state index in [1.807, 2.05) is 0 Å². The summed E-state index contributed by atoms with van der Waals surface area (Å²) in [5.74, 6) is -0.190. The molecule has 0 N–H and O–H groups in total. The second kappa shape index (κ2) is 5.00.